The molecule has 0 bridgehead atoms. The van der Waals surface area contributed by atoms with Crippen LogP contribution in [0.15, 0.2) is 55.1 Å². The number of piperazine rings is 1. The van der Waals surface area contributed by atoms with E-state index < -0.39 is 0 Å². The summed E-state index contributed by atoms with van der Waals surface area (Å²) in [5.41, 5.74) is 2.44. The Bertz CT molecular complexity index is 961. The lowest BCUT2D eigenvalue weighted by molar-refractivity contribution is 0.0620. The number of nitrogens with one attached hydrogen (secondary N) is 1. The summed E-state index contributed by atoms with van der Waals surface area (Å²) in [6.07, 6.45) is 7.04. The third-order valence-electron chi connectivity index (χ3n) is 4.82. The largest absolute Gasteiger partial charge is 0.336 e. The highest BCUT2D eigenvalue weighted by molar-refractivity contribution is 6.30. The van der Waals surface area contributed by atoms with Gasteiger partial charge in [-0.25, -0.2) is 4.98 Å². The topological polar surface area (TPSA) is 63.1 Å². The minimum atomic E-state index is -0.106. The van der Waals surface area contributed by atoms with Crippen molar-refractivity contribution in [3.8, 4) is 11.1 Å². The zero-order valence-electron chi connectivity index (χ0n) is 15.8. The molecule has 154 valence electrons. The highest BCUT2D eigenvalue weighted by atomic mass is 35.5. The van der Waals surface area contributed by atoms with Crippen LogP contribution < -0.4 is 5.32 Å². The number of benzene rings is 1. The molecule has 9 heteroatoms. The highest BCUT2D eigenvalue weighted by Crippen LogP contribution is 2.25. The molecular weight excluding hydrogens is 433 g/mol. The Kier molecular flexibility index (Phi) is 8.05. The summed E-state index contributed by atoms with van der Waals surface area (Å²) in [5.74, 6) is 0.838. The van der Waals surface area contributed by atoms with Crippen LogP contribution in [-0.2, 0) is 7.05 Å². The number of carbonyl (C=O) groups is 1. The average Bonchev–Trinajstić information content (AvgIpc) is 3.14. The number of hydrogen-bond donors (Lipinski definition) is 1. The molecule has 1 saturated heterocycles. The van der Waals surface area contributed by atoms with Crippen molar-refractivity contribution >= 4 is 42.3 Å². The van der Waals surface area contributed by atoms with E-state index in [4.69, 9.17) is 11.6 Å². The predicted molar refractivity (Wildman–Crippen MR) is 119 cm³/mol. The molecule has 1 aromatic carbocycles. The van der Waals surface area contributed by atoms with Crippen LogP contribution in [0, 0.1) is 0 Å². The minimum Gasteiger partial charge on any atom is -0.336 e. The normalized spacial score (nSPS) is 15.9. The van der Waals surface area contributed by atoms with Crippen molar-refractivity contribution in [1.29, 1.82) is 0 Å². The van der Waals surface area contributed by atoms with Gasteiger partial charge in [-0.2, -0.15) is 0 Å². The number of aryl methyl sites for hydroxylation is 1. The molecule has 4 rings (SSSR count). The summed E-state index contributed by atoms with van der Waals surface area (Å²) >= 11 is 5.97. The summed E-state index contributed by atoms with van der Waals surface area (Å²) in [5, 5.41) is 4.03. The van der Waals surface area contributed by atoms with Crippen molar-refractivity contribution in [1.82, 2.24) is 24.8 Å². The van der Waals surface area contributed by atoms with Crippen LogP contribution in [0.2, 0.25) is 5.02 Å². The monoisotopic (exact) mass is 453 g/mol. The van der Waals surface area contributed by atoms with Gasteiger partial charge in [0.2, 0.25) is 0 Å². The Labute approximate surface area is 187 Å². The Hall–Kier alpha value is -2.12. The van der Waals surface area contributed by atoms with Gasteiger partial charge >= 0.3 is 0 Å². The Morgan fingerprint density at radius 2 is 1.93 bits per heavy atom. The van der Waals surface area contributed by atoms with Gasteiger partial charge in [-0.05, 0) is 23.8 Å². The summed E-state index contributed by atoms with van der Waals surface area (Å²) < 4.78 is 1.96. The lowest BCUT2D eigenvalue weighted by atomic mass is 10.0. The lowest BCUT2D eigenvalue weighted by Gasteiger charge is -2.35. The molecule has 6 nitrogen and oxygen atoms in total. The first kappa shape index (κ1) is 23.2. The first-order valence-corrected chi connectivity index (χ1v) is 9.21. The maximum Gasteiger partial charge on any atom is 0.256 e. The molecular formula is C20H22Cl3N5O. The van der Waals surface area contributed by atoms with Crippen molar-refractivity contribution in [2.45, 2.75) is 6.04 Å². The van der Waals surface area contributed by atoms with Crippen LogP contribution in [0.1, 0.15) is 22.2 Å². The van der Waals surface area contributed by atoms with Crippen molar-refractivity contribution in [2.24, 2.45) is 7.05 Å². The molecule has 1 fully saturated rings. The van der Waals surface area contributed by atoms with Gasteiger partial charge in [0.1, 0.15) is 11.9 Å². The van der Waals surface area contributed by atoms with Gasteiger partial charge in [0.15, 0.2) is 0 Å². The number of pyridine rings is 1. The fourth-order valence-electron chi connectivity index (χ4n) is 3.40. The minimum absolute atomic E-state index is 0. The van der Waals surface area contributed by atoms with Gasteiger partial charge in [-0.15, -0.1) is 24.8 Å². The van der Waals surface area contributed by atoms with Crippen LogP contribution >= 0.6 is 36.4 Å². The van der Waals surface area contributed by atoms with Crippen LogP contribution in [0.25, 0.3) is 11.1 Å². The molecule has 0 radical (unpaired) electrons. The zero-order valence-corrected chi connectivity index (χ0v) is 18.2. The van der Waals surface area contributed by atoms with E-state index in [0.29, 0.717) is 23.7 Å². The van der Waals surface area contributed by atoms with Crippen LogP contribution in [0.4, 0.5) is 0 Å². The summed E-state index contributed by atoms with van der Waals surface area (Å²) in [6, 6.07) is 9.29. The molecule has 0 spiro atoms. The maximum atomic E-state index is 13.3. The van der Waals surface area contributed by atoms with Crippen LogP contribution in [0.3, 0.4) is 0 Å². The molecule has 1 amide bonds. The molecule has 3 heterocycles. The number of amides is 1. The molecule has 1 aliphatic rings. The first-order valence-electron chi connectivity index (χ1n) is 8.83. The molecule has 1 N–H and O–H groups in total. The van der Waals surface area contributed by atoms with Crippen molar-refractivity contribution in [2.75, 3.05) is 19.6 Å². The first-order chi connectivity index (χ1) is 13.1. The average molecular weight is 455 g/mol. The fourth-order valence-corrected chi connectivity index (χ4v) is 3.53. The second-order valence-electron chi connectivity index (χ2n) is 6.58. The van der Waals surface area contributed by atoms with E-state index in [1.165, 1.54) is 0 Å². The van der Waals surface area contributed by atoms with E-state index in [0.717, 1.165) is 23.5 Å². The number of aromatic nitrogens is 3. The van der Waals surface area contributed by atoms with E-state index in [1.54, 1.807) is 18.6 Å². The number of imidazole rings is 1. The van der Waals surface area contributed by atoms with Gasteiger partial charge in [-0.1, -0.05) is 23.7 Å². The number of halogens is 3. The van der Waals surface area contributed by atoms with Crippen molar-refractivity contribution in [3.05, 3.63) is 71.5 Å². The predicted octanol–water partition coefficient (Wildman–Crippen LogP) is 3.77. The molecule has 1 aliphatic heterocycles. The van der Waals surface area contributed by atoms with Gasteiger partial charge < -0.3 is 14.8 Å². The molecule has 1 atom stereocenters. The van der Waals surface area contributed by atoms with E-state index in [2.05, 4.69) is 15.3 Å². The maximum absolute atomic E-state index is 13.3. The van der Waals surface area contributed by atoms with E-state index in [-0.39, 0.29) is 36.8 Å². The van der Waals surface area contributed by atoms with Crippen molar-refractivity contribution in [3.63, 3.8) is 0 Å². The lowest BCUT2D eigenvalue weighted by Crippen LogP contribution is -2.49. The zero-order chi connectivity index (χ0) is 18.8. The summed E-state index contributed by atoms with van der Waals surface area (Å²) in [7, 11) is 1.95. The molecule has 2 aromatic heterocycles. The molecule has 0 saturated carbocycles. The highest BCUT2D eigenvalue weighted by Gasteiger charge is 2.31. The fraction of sp³-hybridized carbons (Fsp3) is 0.250. The molecule has 3 aromatic rings. The summed E-state index contributed by atoms with van der Waals surface area (Å²) in [4.78, 5) is 23.9. The van der Waals surface area contributed by atoms with Crippen LogP contribution in [0.5, 0.6) is 0 Å². The van der Waals surface area contributed by atoms with E-state index in [1.807, 2.05) is 53.0 Å². The second-order valence-corrected chi connectivity index (χ2v) is 7.02. The van der Waals surface area contributed by atoms with E-state index in [9.17, 15) is 4.79 Å². The van der Waals surface area contributed by atoms with Crippen LogP contribution in [-0.4, -0.2) is 45.0 Å². The molecule has 29 heavy (non-hydrogen) atoms. The number of hydrogen-bond acceptors (Lipinski definition) is 4. The second kappa shape index (κ2) is 10.1. The Morgan fingerprint density at radius 3 is 2.62 bits per heavy atom. The summed E-state index contributed by atoms with van der Waals surface area (Å²) in [6.45, 7) is 2.07. The van der Waals surface area contributed by atoms with Crippen molar-refractivity contribution < 1.29 is 4.79 Å². The third kappa shape index (κ3) is 4.90. The quantitative estimate of drug-likeness (QED) is 0.654. The Balaban J connectivity index is 0.00000150. The van der Waals surface area contributed by atoms with Gasteiger partial charge in [-0.3, -0.25) is 9.78 Å². The van der Waals surface area contributed by atoms with E-state index >= 15 is 0 Å². The SMILES string of the molecule is Cl.Cl.Cn1ccnc1C1CNCCN1C(=O)c1cncc(-c2ccc(Cl)cc2)c1. The van der Waals surface area contributed by atoms with Gasteiger partial charge in [0.25, 0.3) is 5.91 Å². The smallest absolute Gasteiger partial charge is 0.256 e. The number of rotatable bonds is 3. The molecule has 1 unspecified atom stereocenters. The Morgan fingerprint density at radius 1 is 1.17 bits per heavy atom. The van der Waals surface area contributed by atoms with Gasteiger partial charge in [0, 0.05) is 62.1 Å². The molecule has 0 aliphatic carbocycles. The standard InChI is InChI=1S/C20H20ClN5O.2ClH/c1-25-8-7-24-19(25)18-13-22-6-9-26(18)20(27)16-10-15(11-23-12-16)14-2-4-17(21)5-3-14;;/h2-5,7-8,10-12,18,22H,6,9,13H2,1H3;2*1H. The third-order valence-corrected chi connectivity index (χ3v) is 5.08. The number of nitrogens with zero attached hydrogens (tertiary/aromatic N) is 4. The number of carbonyl (C=O) groups excluding carboxylic acids is 1. The van der Waals surface area contributed by atoms with Gasteiger partial charge in [0.05, 0.1) is 5.56 Å².